The lowest BCUT2D eigenvalue weighted by atomic mass is 9.85. The zero-order chi connectivity index (χ0) is 15.9. The average molecular weight is 302 g/mol. The summed E-state index contributed by atoms with van der Waals surface area (Å²) in [4.78, 5) is 15.0. The van der Waals surface area contributed by atoms with Crippen molar-refractivity contribution in [2.75, 3.05) is 18.0 Å². The van der Waals surface area contributed by atoms with E-state index in [4.69, 9.17) is 0 Å². The molecule has 1 saturated heterocycles. The maximum atomic E-state index is 13.0. The minimum Gasteiger partial charge on any atom is -0.388 e. The summed E-state index contributed by atoms with van der Waals surface area (Å²) >= 11 is 0. The number of carbonyl (C=O) groups is 1. The number of nitrogens with zero attached hydrogens (tertiary/aromatic N) is 1. The minimum absolute atomic E-state index is 0.192. The smallest absolute Gasteiger partial charge is 0.237 e. The van der Waals surface area contributed by atoms with Crippen molar-refractivity contribution in [1.82, 2.24) is 5.32 Å². The molecule has 1 unspecified atom stereocenters. The van der Waals surface area contributed by atoms with Gasteiger partial charge in [-0.05, 0) is 63.4 Å². The zero-order valence-corrected chi connectivity index (χ0v) is 13.7. The van der Waals surface area contributed by atoms with Crippen LogP contribution in [0.2, 0.25) is 0 Å². The average Bonchev–Trinajstić information content (AvgIpc) is 2.74. The van der Waals surface area contributed by atoms with E-state index in [1.165, 1.54) is 0 Å². The lowest BCUT2D eigenvalue weighted by molar-refractivity contribution is -0.122. The predicted octanol–water partition coefficient (Wildman–Crippen LogP) is 2.51. The number of hydrogen-bond acceptors (Lipinski definition) is 3. The highest BCUT2D eigenvalue weighted by molar-refractivity contribution is 6.08. The zero-order valence-electron chi connectivity index (χ0n) is 13.7. The van der Waals surface area contributed by atoms with E-state index in [0.717, 1.165) is 42.7 Å². The van der Waals surface area contributed by atoms with Crippen LogP contribution in [0.15, 0.2) is 18.2 Å². The maximum Gasteiger partial charge on any atom is 0.237 e. The third-order valence-corrected chi connectivity index (χ3v) is 5.15. The van der Waals surface area contributed by atoms with Gasteiger partial charge in [-0.2, -0.15) is 0 Å². The normalized spacial score (nSPS) is 22.7. The number of carbonyl (C=O) groups excluding carboxylic acids is 1. The minimum atomic E-state index is -0.510. The first kappa shape index (κ1) is 15.5. The van der Waals surface area contributed by atoms with Crippen LogP contribution in [0, 0.1) is 0 Å². The molecule has 0 saturated carbocycles. The fourth-order valence-corrected chi connectivity index (χ4v) is 3.66. The Morgan fingerprint density at radius 1 is 1.36 bits per heavy atom. The number of anilines is 1. The summed E-state index contributed by atoms with van der Waals surface area (Å²) in [6.45, 7) is 7.90. The van der Waals surface area contributed by atoms with Crippen molar-refractivity contribution < 1.29 is 9.90 Å². The molecule has 2 aliphatic rings. The molecule has 1 fully saturated rings. The molecule has 4 nitrogen and oxygen atoms in total. The third kappa shape index (κ3) is 2.34. The SMILES string of the molecule is CCC(O)c1ccc2c(c1)C(C)(C)C(=O)N2C1CCNCC1. The summed E-state index contributed by atoms with van der Waals surface area (Å²) in [5.41, 5.74) is 2.49. The van der Waals surface area contributed by atoms with Crippen LogP contribution in [0.3, 0.4) is 0 Å². The van der Waals surface area contributed by atoms with E-state index in [-0.39, 0.29) is 11.9 Å². The van der Waals surface area contributed by atoms with Crippen molar-refractivity contribution in [2.45, 2.75) is 57.6 Å². The number of benzene rings is 1. The number of hydrogen-bond donors (Lipinski definition) is 2. The van der Waals surface area contributed by atoms with E-state index in [1.807, 2.05) is 43.9 Å². The first-order valence-corrected chi connectivity index (χ1v) is 8.33. The number of nitrogens with one attached hydrogen (secondary N) is 1. The molecule has 0 spiro atoms. The Morgan fingerprint density at radius 3 is 2.68 bits per heavy atom. The second kappa shape index (κ2) is 5.67. The van der Waals surface area contributed by atoms with Crippen LogP contribution < -0.4 is 10.2 Å². The number of aliphatic hydroxyl groups is 1. The molecule has 120 valence electrons. The third-order valence-electron chi connectivity index (χ3n) is 5.15. The van der Waals surface area contributed by atoms with E-state index in [1.54, 1.807) is 0 Å². The number of amides is 1. The van der Waals surface area contributed by atoms with E-state index in [9.17, 15) is 9.90 Å². The van der Waals surface area contributed by atoms with Gasteiger partial charge in [0.25, 0.3) is 0 Å². The molecule has 0 aromatic heterocycles. The Kier molecular flexibility index (Phi) is 4.00. The highest BCUT2D eigenvalue weighted by Crippen LogP contribution is 2.44. The van der Waals surface area contributed by atoms with Crippen LogP contribution in [0.1, 0.15) is 57.3 Å². The molecule has 1 amide bonds. The number of piperidine rings is 1. The van der Waals surface area contributed by atoms with Crippen molar-refractivity contribution in [3.63, 3.8) is 0 Å². The molecule has 1 atom stereocenters. The molecule has 4 heteroatoms. The van der Waals surface area contributed by atoms with Gasteiger partial charge >= 0.3 is 0 Å². The topological polar surface area (TPSA) is 52.6 Å². The second-order valence-electron chi connectivity index (χ2n) is 6.98. The highest BCUT2D eigenvalue weighted by atomic mass is 16.3. The van der Waals surface area contributed by atoms with Gasteiger partial charge in [0.15, 0.2) is 0 Å². The van der Waals surface area contributed by atoms with Gasteiger partial charge in [-0.3, -0.25) is 4.79 Å². The van der Waals surface area contributed by atoms with Gasteiger partial charge in [-0.15, -0.1) is 0 Å². The second-order valence-corrected chi connectivity index (χ2v) is 6.98. The number of fused-ring (bicyclic) bond motifs is 1. The Morgan fingerprint density at radius 2 is 2.05 bits per heavy atom. The first-order chi connectivity index (χ1) is 10.5. The van der Waals surface area contributed by atoms with Crippen LogP contribution in [0.4, 0.5) is 5.69 Å². The van der Waals surface area contributed by atoms with E-state index >= 15 is 0 Å². The van der Waals surface area contributed by atoms with Crippen LogP contribution in [-0.4, -0.2) is 30.1 Å². The van der Waals surface area contributed by atoms with Crippen molar-refractivity contribution >= 4 is 11.6 Å². The van der Waals surface area contributed by atoms with Crippen molar-refractivity contribution in [3.05, 3.63) is 29.3 Å². The summed E-state index contributed by atoms with van der Waals surface area (Å²) in [5, 5.41) is 13.5. The summed E-state index contributed by atoms with van der Waals surface area (Å²) in [6, 6.07) is 6.31. The number of aliphatic hydroxyl groups excluding tert-OH is 1. The molecule has 0 aliphatic carbocycles. The van der Waals surface area contributed by atoms with E-state index in [2.05, 4.69) is 5.32 Å². The Hall–Kier alpha value is -1.39. The van der Waals surface area contributed by atoms with Crippen molar-refractivity contribution in [1.29, 1.82) is 0 Å². The lowest BCUT2D eigenvalue weighted by Crippen LogP contribution is -2.47. The molecule has 2 aliphatic heterocycles. The Balaban J connectivity index is 2.02. The molecule has 2 N–H and O–H groups in total. The monoisotopic (exact) mass is 302 g/mol. The van der Waals surface area contributed by atoms with Gasteiger partial charge in [0.2, 0.25) is 5.91 Å². The van der Waals surface area contributed by atoms with Crippen LogP contribution in [-0.2, 0) is 10.2 Å². The first-order valence-electron chi connectivity index (χ1n) is 8.33. The van der Waals surface area contributed by atoms with Gasteiger partial charge in [0.05, 0.1) is 11.5 Å². The van der Waals surface area contributed by atoms with Gasteiger partial charge < -0.3 is 15.3 Å². The Labute approximate surface area is 132 Å². The molecule has 3 rings (SSSR count). The summed E-state index contributed by atoms with van der Waals surface area (Å²) in [6.07, 6.45) is 2.23. The molecule has 2 heterocycles. The van der Waals surface area contributed by atoms with Crippen molar-refractivity contribution in [3.8, 4) is 0 Å². The van der Waals surface area contributed by atoms with E-state index in [0.29, 0.717) is 6.42 Å². The van der Waals surface area contributed by atoms with Gasteiger partial charge in [-0.25, -0.2) is 0 Å². The highest BCUT2D eigenvalue weighted by Gasteiger charge is 2.46. The summed E-state index contributed by atoms with van der Waals surface area (Å²) in [5.74, 6) is 0.192. The summed E-state index contributed by atoms with van der Waals surface area (Å²) in [7, 11) is 0. The molecule has 0 radical (unpaired) electrons. The van der Waals surface area contributed by atoms with E-state index < -0.39 is 11.5 Å². The summed E-state index contributed by atoms with van der Waals surface area (Å²) < 4.78 is 0. The van der Waals surface area contributed by atoms with Gasteiger partial charge in [-0.1, -0.05) is 19.1 Å². The number of rotatable bonds is 3. The largest absolute Gasteiger partial charge is 0.388 e. The maximum absolute atomic E-state index is 13.0. The quantitative estimate of drug-likeness (QED) is 0.902. The fourth-order valence-electron chi connectivity index (χ4n) is 3.66. The van der Waals surface area contributed by atoms with Crippen LogP contribution in [0.25, 0.3) is 0 Å². The molecule has 1 aromatic carbocycles. The lowest BCUT2D eigenvalue weighted by Gasteiger charge is -2.33. The molecule has 22 heavy (non-hydrogen) atoms. The standard InChI is InChI=1S/C18H26N2O2/c1-4-16(21)12-5-6-15-14(11-12)18(2,3)17(22)20(15)13-7-9-19-10-8-13/h5-6,11,13,16,19,21H,4,7-10H2,1-3H3. The van der Waals surface area contributed by atoms with Gasteiger partial charge in [0, 0.05) is 11.7 Å². The molecule has 1 aromatic rings. The molecule has 0 bridgehead atoms. The fraction of sp³-hybridized carbons (Fsp3) is 0.611. The van der Waals surface area contributed by atoms with Crippen molar-refractivity contribution in [2.24, 2.45) is 0 Å². The predicted molar refractivity (Wildman–Crippen MR) is 88.1 cm³/mol. The molecular weight excluding hydrogens is 276 g/mol. The van der Waals surface area contributed by atoms with Crippen LogP contribution in [0.5, 0.6) is 0 Å². The Bertz CT molecular complexity index is 576. The van der Waals surface area contributed by atoms with Crippen LogP contribution >= 0.6 is 0 Å². The van der Waals surface area contributed by atoms with Gasteiger partial charge in [0.1, 0.15) is 0 Å². The molecular formula is C18H26N2O2.